The molecule has 3 N–H and O–H groups in total. The molecule has 1 atom stereocenters. The van der Waals surface area contributed by atoms with E-state index in [0.29, 0.717) is 33.5 Å². The van der Waals surface area contributed by atoms with Crippen molar-refractivity contribution in [3.8, 4) is 11.5 Å². The number of carbonyl (C=O) groups excluding carboxylic acids is 1. The van der Waals surface area contributed by atoms with E-state index in [9.17, 15) is 9.90 Å². The van der Waals surface area contributed by atoms with E-state index in [0.717, 1.165) is 5.56 Å². The normalized spacial score (nSPS) is 11.9. The van der Waals surface area contributed by atoms with Crippen molar-refractivity contribution in [3.63, 3.8) is 0 Å². The average Bonchev–Trinajstić information content (AvgIpc) is 3.38. The first-order chi connectivity index (χ1) is 17.8. The Kier molecular flexibility index (Phi) is 8.00. The maximum atomic E-state index is 12.3. The van der Waals surface area contributed by atoms with E-state index in [1.165, 1.54) is 4.90 Å². The molecule has 0 fully saturated rings. The first kappa shape index (κ1) is 26.1. The number of amides is 1. The number of anilines is 3. The number of nitrogens with one attached hydrogen (secondary N) is 2. The highest BCUT2D eigenvalue weighted by atomic mass is 35.5. The van der Waals surface area contributed by atoms with Gasteiger partial charge in [0, 0.05) is 31.9 Å². The predicted octanol–water partition coefficient (Wildman–Crippen LogP) is 4.89. The lowest BCUT2D eigenvalue weighted by Gasteiger charge is -2.19. The number of carbonyl (C=O) groups is 1. The van der Waals surface area contributed by atoms with Gasteiger partial charge in [-0.05, 0) is 23.8 Å². The van der Waals surface area contributed by atoms with E-state index < -0.39 is 6.04 Å². The summed E-state index contributed by atoms with van der Waals surface area (Å²) in [5, 5.41) is 20.8. The van der Waals surface area contributed by atoms with Crippen LogP contribution >= 0.6 is 11.6 Å². The number of aliphatic hydroxyl groups is 1. The van der Waals surface area contributed by atoms with Crippen LogP contribution in [-0.2, 0) is 0 Å². The summed E-state index contributed by atoms with van der Waals surface area (Å²) in [4.78, 5) is 27.3. The summed E-state index contributed by atoms with van der Waals surface area (Å²) in [5.74, 6) is 1.37. The predicted molar refractivity (Wildman–Crippen MR) is 142 cm³/mol. The molecule has 2 aromatic carbocycles. The Balaban J connectivity index is 1.68. The van der Waals surface area contributed by atoms with Crippen molar-refractivity contribution >= 4 is 35.0 Å². The number of aliphatic hydroxyl groups excluding tert-OH is 1. The van der Waals surface area contributed by atoms with Gasteiger partial charge in [-0.3, -0.25) is 4.79 Å². The Bertz CT molecular complexity index is 1380. The lowest BCUT2D eigenvalue weighted by molar-refractivity contribution is 0.0828. The van der Waals surface area contributed by atoms with Crippen LogP contribution < -0.4 is 10.6 Å². The van der Waals surface area contributed by atoms with Gasteiger partial charge in [0.05, 0.1) is 23.2 Å². The van der Waals surface area contributed by atoms with Gasteiger partial charge in [-0.25, -0.2) is 4.98 Å². The van der Waals surface area contributed by atoms with Gasteiger partial charge >= 0.3 is 0 Å². The quantitative estimate of drug-likeness (QED) is 0.281. The third-order valence-corrected chi connectivity index (χ3v) is 5.85. The second kappa shape index (κ2) is 11.4. The first-order valence-corrected chi connectivity index (χ1v) is 12.1. The van der Waals surface area contributed by atoms with Crippen LogP contribution in [0.3, 0.4) is 0 Å². The minimum atomic E-state index is -0.444. The van der Waals surface area contributed by atoms with Gasteiger partial charge < -0.3 is 25.2 Å². The standard InChI is InChI=1S/C26H28ClN7O3/c1-15(2)22-31-24(37-33-22)19-13-28-26(29-17-10-11-18(20(27)12-17)25(36)34(3)4)32-23(19)30-21(14-35)16-8-6-5-7-9-16/h5-13,15,21,35H,14H2,1-4H3,(H2,28,29,30,32)/t21-/m1/s1. The average molecular weight is 522 g/mol. The van der Waals surface area contributed by atoms with E-state index in [1.54, 1.807) is 38.5 Å². The van der Waals surface area contributed by atoms with Crippen LogP contribution in [-0.4, -0.2) is 56.7 Å². The molecule has 4 rings (SSSR count). The lowest BCUT2D eigenvalue weighted by Crippen LogP contribution is -2.22. The molecule has 0 saturated heterocycles. The van der Waals surface area contributed by atoms with Crippen molar-refractivity contribution < 1.29 is 14.4 Å². The molecule has 0 bridgehead atoms. The van der Waals surface area contributed by atoms with Crippen LogP contribution in [0.2, 0.25) is 5.02 Å². The molecule has 0 spiro atoms. The van der Waals surface area contributed by atoms with Gasteiger partial charge in [0.25, 0.3) is 11.8 Å². The molecule has 2 aromatic heterocycles. The monoisotopic (exact) mass is 521 g/mol. The lowest BCUT2D eigenvalue weighted by atomic mass is 10.1. The van der Waals surface area contributed by atoms with Gasteiger partial charge in [-0.1, -0.05) is 60.9 Å². The largest absolute Gasteiger partial charge is 0.394 e. The summed E-state index contributed by atoms with van der Waals surface area (Å²) < 4.78 is 5.48. The molecule has 4 aromatic rings. The molecule has 2 heterocycles. The third-order valence-electron chi connectivity index (χ3n) is 5.53. The molecule has 0 saturated carbocycles. The summed E-state index contributed by atoms with van der Waals surface area (Å²) in [6.07, 6.45) is 1.57. The molecule has 11 heteroatoms. The van der Waals surface area contributed by atoms with Gasteiger partial charge in [0.15, 0.2) is 5.82 Å². The van der Waals surface area contributed by atoms with E-state index in [-0.39, 0.29) is 30.3 Å². The Labute approximate surface area is 219 Å². The number of hydrogen-bond donors (Lipinski definition) is 3. The van der Waals surface area contributed by atoms with E-state index in [2.05, 4.69) is 30.7 Å². The van der Waals surface area contributed by atoms with Crippen molar-refractivity contribution in [2.24, 2.45) is 0 Å². The minimum Gasteiger partial charge on any atom is -0.394 e. The summed E-state index contributed by atoms with van der Waals surface area (Å²) in [6, 6.07) is 14.1. The van der Waals surface area contributed by atoms with Crippen LogP contribution in [0.1, 0.15) is 47.6 Å². The fourth-order valence-corrected chi connectivity index (χ4v) is 3.77. The maximum absolute atomic E-state index is 12.3. The summed E-state index contributed by atoms with van der Waals surface area (Å²) in [6.45, 7) is 3.77. The summed E-state index contributed by atoms with van der Waals surface area (Å²) in [5.41, 5.74) is 2.36. The molecule has 37 heavy (non-hydrogen) atoms. The van der Waals surface area contributed by atoms with Crippen molar-refractivity contribution in [2.45, 2.75) is 25.8 Å². The second-order valence-corrected chi connectivity index (χ2v) is 9.28. The summed E-state index contributed by atoms with van der Waals surface area (Å²) >= 11 is 6.36. The molecule has 192 valence electrons. The number of nitrogens with zero attached hydrogens (tertiary/aromatic N) is 5. The zero-order chi connectivity index (χ0) is 26.5. The second-order valence-electron chi connectivity index (χ2n) is 8.88. The number of rotatable bonds is 9. The topological polar surface area (TPSA) is 129 Å². The zero-order valence-electron chi connectivity index (χ0n) is 20.9. The molecular formula is C26H28ClN7O3. The zero-order valence-corrected chi connectivity index (χ0v) is 21.7. The number of hydrogen-bond acceptors (Lipinski definition) is 9. The van der Waals surface area contributed by atoms with Gasteiger partial charge in [0.1, 0.15) is 11.4 Å². The highest BCUT2D eigenvalue weighted by Crippen LogP contribution is 2.31. The van der Waals surface area contributed by atoms with E-state index in [1.807, 2.05) is 44.2 Å². The fraction of sp³-hybridized carbons (Fsp3) is 0.269. The van der Waals surface area contributed by atoms with Gasteiger partial charge in [0.2, 0.25) is 5.95 Å². The minimum absolute atomic E-state index is 0.0809. The Morgan fingerprint density at radius 1 is 1.14 bits per heavy atom. The Hall–Kier alpha value is -4.02. The molecule has 0 unspecified atom stereocenters. The first-order valence-electron chi connectivity index (χ1n) is 11.7. The number of aromatic nitrogens is 4. The van der Waals surface area contributed by atoms with Crippen molar-refractivity contribution in [1.29, 1.82) is 0 Å². The molecular weight excluding hydrogens is 494 g/mol. The molecule has 0 aliphatic rings. The Morgan fingerprint density at radius 2 is 1.89 bits per heavy atom. The fourth-order valence-electron chi connectivity index (χ4n) is 3.51. The van der Waals surface area contributed by atoms with Gasteiger partial charge in [-0.2, -0.15) is 9.97 Å². The number of halogens is 1. The van der Waals surface area contributed by atoms with Crippen LogP contribution in [0.25, 0.3) is 11.5 Å². The smallest absolute Gasteiger partial charge is 0.263 e. The SMILES string of the molecule is CC(C)c1noc(-c2cnc(Nc3ccc(C(=O)N(C)C)c(Cl)c3)nc2N[C@H](CO)c2ccccc2)n1. The summed E-state index contributed by atoms with van der Waals surface area (Å²) in [7, 11) is 3.33. The molecule has 0 aliphatic carbocycles. The van der Waals surface area contributed by atoms with Crippen LogP contribution in [0.15, 0.2) is 59.3 Å². The molecule has 0 aliphatic heterocycles. The maximum Gasteiger partial charge on any atom is 0.263 e. The highest BCUT2D eigenvalue weighted by molar-refractivity contribution is 6.34. The molecule has 0 radical (unpaired) electrons. The van der Waals surface area contributed by atoms with Gasteiger partial charge in [-0.15, -0.1) is 0 Å². The van der Waals surface area contributed by atoms with E-state index >= 15 is 0 Å². The highest BCUT2D eigenvalue weighted by Gasteiger charge is 2.21. The molecule has 10 nitrogen and oxygen atoms in total. The van der Waals surface area contributed by atoms with E-state index in [4.69, 9.17) is 16.1 Å². The molecule has 1 amide bonds. The van der Waals surface area contributed by atoms with Crippen LogP contribution in [0.4, 0.5) is 17.5 Å². The third kappa shape index (κ3) is 6.04. The van der Waals surface area contributed by atoms with Crippen LogP contribution in [0, 0.1) is 0 Å². The van der Waals surface area contributed by atoms with Crippen molar-refractivity contribution in [3.05, 3.63) is 76.7 Å². The Morgan fingerprint density at radius 3 is 2.51 bits per heavy atom. The van der Waals surface area contributed by atoms with Crippen molar-refractivity contribution in [2.75, 3.05) is 31.3 Å². The van der Waals surface area contributed by atoms with Crippen LogP contribution in [0.5, 0.6) is 0 Å². The number of benzene rings is 2. The van der Waals surface area contributed by atoms with Crippen molar-refractivity contribution in [1.82, 2.24) is 25.0 Å².